The molecule has 2 bridgehead atoms. The Morgan fingerprint density at radius 3 is 2.95 bits per heavy atom. The molecule has 22 heavy (non-hydrogen) atoms. The van der Waals surface area contributed by atoms with Gasteiger partial charge in [0.2, 0.25) is 0 Å². The number of aryl methyl sites for hydroxylation is 1. The zero-order chi connectivity index (χ0) is 15.3. The molecule has 3 nitrogen and oxygen atoms in total. The van der Waals surface area contributed by atoms with Gasteiger partial charge in [-0.2, -0.15) is 0 Å². The largest absolute Gasteiger partial charge is 0.289 e. The van der Waals surface area contributed by atoms with Gasteiger partial charge in [0.05, 0.1) is 5.69 Å². The molecule has 0 saturated carbocycles. The maximum Gasteiger partial charge on any atom is 0.125 e. The Bertz CT molecular complexity index is 732. The van der Waals surface area contributed by atoms with Crippen molar-refractivity contribution in [1.29, 1.82) is 0 Å². The number of aromatic nitrogens is 2. The third kappa shape index (κ3) is 2.41. The highest BCUT2D eigenvalue weighted by molar-refractivity contribution is 6.35. The van der Waals surface area contributed by atoms with Crippen molar-refractivity contribution in [2.75, 3.05) is 0 Å². The second-order valence-corrected chi connectivity index (χ2v) is 7.02. The molecule has 2 unspecified atom stereocenters. The summed E-state index contributed by atoms with van der Waals surface area (Å²) in [7, 11) is 0. The molecule has 1 aromatic heterocycles. The number of hydrogen-bond donors (Lipinski definition) is 0. The molecule has 2 aliphatic heterocycles. The fourth-order valence-corrected chi connectivity index (χ4v) is 4.24. The highest BCUT2D eigenvalue weighted by atomic mass is 35.5. The third-order valence-electron chi connectivity index (χ3n) is 4.82. The predicted octanol–water partition coefficient (Wildman–Crippen LogP) is 4.35. The number of rotatable bonds is 2. The van der Waals surface area contributed by atoms with Gasteiger partial charge in [0.15, 0.2) is 0 Å². The summed E-state index contributed by atoms with van der Waals surface area (Å²) >= 11 is 12.3. The van der Waals surface area contributed by atoms with E-state index in [1.165, 1.54) is 24.1 Å². The molecule has 1 saturated heterocycles. The van der Waals surface area contributed by atoms with Crippen molar-refractivity contribution in [1.82, 2.24) is 14.9 Å². The smallest absolute Gasteiger partial charge is 0.125 e. The van der Waals surface area contributed by atoms with Crippen LogP contribution in [0.3, 0.4) is 0 Å². The van der Waals surface area contributed by atoms with Crippen molar-refractivity contribution in [3.05, 3.63) is 57.1 Å². The van der Waals surface area contributed by atoms with Gasteiger partial charge < -0.3 is 0 Å². The number of nitrogens with zero attached hydrogens (tertiary/aromatic N) is 3. The number of halogens is 2. The van der Waals surface area contributed by atoms with E-state index in [-0.39, 0.29) is 0 Å². The van der Waals surface area contributed by atoms with E-state index in [9.17, 15) is 0 Å². The monoisotopic (exact) mass is 333 g/mol. The van der Waals surface area contributed by atoms with E-state index in [2.05, 4.69) is 14.9 Å². The Morgan fingerprint density at radius 2 is 2.14 bits per heavy atom. The van der Waals surface area contributed by atoms with E-state index < -0.39 is 0 Å². The van der Waals surface area contributed by atoms with Crippen LogP contribution in [0.1, 0.15) is 41.5 Å². The number of benzene rings is 1. The van der Waals surface area contributed by atoms with Crippen LogP contribution in [0.25, 0.3) is 0 Å². The fraction of sp³-hybridized carbons (Fsp3) is 0.412. The van der Waals surface area contributed by atoms with Crippen molar-refractivity contribution in [2.24, 2.45) is 0 Å². The summed E-state index contributed by atoms with van der Waals surface area (Å²) in [5.41, 5.74) is 3.67. The first-order valence-corrected chi connectivity index (χ1v) is 8.39. The Hall–Kier alpha value is -1.16. The van der Waals surface area contributed by atoms with E-state index in [1.54, 1.807) is 0 Å². The molecule has 0 radical (unpaired) electrons. The van der Waals surface area contributed by atoms with Crippen molar-refractivity contribution >= 4 is 23.2 Å². The molecule has 1 aromatic carbocycles. The normalized spacial score (nSPS) is 23.6. The van der Waals surface area contributed by atoms with Crippen LogP contribution >= 0.6 is 23.2 Å². The van der Waals surface area contributed by atoms with Crippen LogP contribution in [0.4, 0.5) is 0 Å². The lowest BCUT2D eigenvalue weighted by Crippen LogP contribution is -2.37. The summed E-state index contributed by atoms with van der Waals surface area (Å²) in [6.07, 6.45) is 5.42. The summed E-state index contributed by atoms with van der Waals surface area (Å²) in [4.78, 5) is 11.6. The molecule has 1 fully saturated rings. The van der Waals surface area contributed by atoms with Crippen LogP contribution in [0.15, 0.2) is 24.4 Å². The molecule has 0 N–H and O–H groups in total. The van der Waals surface area contributed by atoms with Crippen LogP contribution in [0.5, 0.6) is 0 Å². The molecule has 0 aliphatic carbocycles. The van der Waals surface area contributed by atoms with Gasteiger partial charge in [-0.3, -0.25) is 4.90 Å². The van der Waals surface area contributed by atoms with Gasteiger partial charge in [0, 0.05) is 46.9 Å². The van der Waals surface area contributed by atoms with Gasteiger partial charge in [0.1, 0.15) is 5.82 Å². The molecule has 3 heterocycles. The zero-order valence-electron chi connectivity index (χ0n) is 12.4. The average Bonchev–Trinajstić information content (AvgIpc) is 2.75. The standard InChI is InChI=1S/C17H17Cl2N3/c1-10-20-8-14-16(21-10)7-13-4-5-17(14)22(13)9-11-2-3-12(18)6-15(11)19/h2-3,6,8,13,17H,4-5,7,9H2,1H3. The molecule has 0 spiro atoms. The van der Waals surface area contributed by atoms with Crippen molar-refractivity contribution in [2.45, 2.75) is 44.8 Å². The van der Waals surface area contributed by atoms with E-state index in [1.807, 2.05) is 31.3 Å². The minimum absolute atomic E-state index is 0.418. The lowest BCUT2D eigenvalue weighted by molar-refractivity contribution is 0.166. The first-order chi connectivity index (χ1) is 10.6. The highest BCUT2D eigenvalue weighted by Crippen LogP contribution is 2.44. The first kappa shape index (κ1) is 14.4. The van der Waals surface area contributed by atoms with Crippen molar-refractivity contribution < 1.29 is 0 Å². The Morgan fingerprint density at radius 1 is 1.27 bits per heavy atom. The molecule has 5 heteroatoms. The van der Waals surface area contributed by atoms with E-state index in [0.717, 1.165) is 29.4 Å². The molecule has 114 valence electrons. The molecular weight excluding hydrogens is 317 g/mol. The van der Waals surface area contributed by atoms with Crippen LogP contribution in [0, 0.1) is 6.92 Å². The Labute approximate surface area is 140 Å². The molecule has 4 rings (SSSR count). The van der Waals surface area contributed by atoms with Crippen LogP contribution < -0.4 is 0 Å². The van der Waals surface area contributed by atoms with E-state index in [4.69, 9.17) is 23.2 Å². The molecule has 2 aliphatic rings. The van der Waals surface area contributed by atoms with Gasteiger partial charge in [0.25, 0.3) is 0 Å². The Balaban J connectivity index is 1.65. The van der Waals surface area contributed by atoms with Crippen LogP contribution in [0.2, 0.25) is 10.0 Å². The molecule has 2 atom stereocenters. The third-order valence-corrected chi connectivity index (χ3v) is 5.41. The van der Waals surface area contributed by atoms with E-state index >= 15 is 0 Å². The van der Waals surface area contributed by atoms with Crippen molar-refractivity contribution in [3.63, 3.8) is 0 Å². The first-order valence-electron chi connectivity index (χ1n) is 7.64. The fourth-order valence-electron chi connectivity index (χ4n) is 3.77. The summed E-state index contributed by atoms with van der Waals surface area (Å²) in [5.74, 6) is 0.868. The van der Waals surface area contributed by atoms with Gasteiger partial charge in [-0.1, -0.05) is 29.3 Å². The quantitative estimate of drug-likeness (QED) is 0.817. The summed E-state index contributed by atoms with van der Waals surface area (Å²) in [6, 6.07) is 6.74. The second kappa shape index (κ2) is 5.48. The topological polar surface area (TPSA) is 29.0 Å². The number of fused-ring (bicyclic) bond motifs is 4. The lowest BCUT2D eigenvalue weighted by Gasteiger charge is -2.35. The van der Waals surface area contributed by atoms with Gasteiger partial charge in [-0.05, 0) is 37.5 Å². The second-order valence-electron chi connectivity index (χ2n) is 6.18. The van der Waals surface area contributed by atoms with Crippen LogP contribution in [-0.2, 0) is 13.0 Å². The SMILES string of the molecule is Cc1ncc2c(n1)CC1CCC2N1Cc1ccc(Cl)cc1Cl. The highest BCUT2D eigenvalue weighted by Gasteiger charge is 2.40. The molecular formula is C17H17Cl2N3. The molecule has 0 amide bonds. The predicted molar refractivity (Wildman–Crippen MR) is 88.2 cm³/mol. The summed E-state index contributed by atoms with van der Waals surface area (Å²) in [6.45, 7) is 2.82. The van der Waals surface area contributed by atoms with Gasteiger partial charge >= 0.3 is 0 Å². The Kier molecular flexibility index (Phi) is 3.60. The van der Waals surface area contributed by atoms with Gasteiger partial charge in [-0.25, -0.2) is 9.97 Å². The summed E-state index contributed by atoms with van der Waals surface area (Å²) in [5, 5.41) is 1.43. The van der Waals surface area contributed by atoms with Gasteiger partial charge in [-0.15, -0.1) is 0 Å². The zero-order valence-corrected chi connectivity index (χ0v) is 13.9. The maximum absolute atomic E-state index is 6.35. The maximum atomic E-state index is 6.35. The number of hydrogen-bond acceptors (Lipinski definition) is 3. The lowest BCUT2D eigenvalue weighted by atomic mass is 9.98. The van der Waals surface area contributed by atoms with Crippen LogP contribution in [-0.4, -0.2) is 20.9 Å². The molecule has 2 aromatic rings. The minimum atomic E-state index is 0.418. The summed E-state index contributed by atoms with van der Waals surface area (Å²) < 4.78 is 0. The van der Waals surface area contributed by atoms with E-state index in [0.29, 0.717) is 17.1 Å². The minimum Gasteiger partial charge on any atom is -0.289 e. The van der Waals surface area contributed by atoms with Crippen molar-refractivity contribution in [3.8, 4) is 0 Å². The average molecular weight is 334 g/mol.